The normalized spacial score (nSPS) is 13.1. The smallest absolute Gasteiger partial charge is 0.358 e. The van der Waals surface area contributed by atoms with Crippen molar-refractivity contribution in [3.05, 3.63) is 232 Å². The third-order valence-corrected chi connectivity index (χ3v) is 17.4. The van der Waals surface area contributed by atoms with Crippen molar-refractivity contribution in [1.29, 1.82) is 0 Å². The lowest BCUT2D eigenvalue weighted by molar-refractivity contribution is -0.486. The van der Waals surface area contributed by atoms with Gasteiger partial charge in [-0.15, -0.1) is 37.6 Å². The Morgan fingerprint density at radius 3 is 1.36 bits per heavy atom. The van der Waals surface area contributed by atoms with Crippen molar-refractivity contribution in [2.75, 3.05) is 145 Å². The van der Waals surface area contributed by atoms with Crippen molar-refractivity contribution in [2.24, 2.45) is 21.2 Å². The van der Waals surface area contributed by atoms with Crippen molar-refractivity contribution in [3.63, 3.8) is 0 Å². The van der Waals surface area contributed by atoms with Crippen LogP contribution < -0.4 is 21.3 Å². The van der Waals surface area contributed by atoms with E-state index >= 15 is 0 Å². The molecule has 5 aromatic heterocycles. The largest absolute Gasteiger partial charge is 0.478 e. The lowest BCUT2D eigenvalue weighted by Gasteiger charge is -2.35. The zero-order chi connectivity index (χ0) is 84.0. The van der Waals surface area contributed by atoms with Gasteiger partial charge in [-0.2, -0.15) is 0 Å². The number of thioether (sulfide) groups is 2. The Morgan fingerprint density at radius 2 is 0.982 bits per heavy atom. The molecule has 1 saturated heterocycles. The molecular formula is C70H91Cl5N24O13S2. The van der Waals surface area contributed by atoms with Crippen LogP contribution in [0.2, 0.25) is 25.8 Å². The topological polar surface area (TPSA) is 416 Å². The molecular weight excluding hydrogens is 1630 g/mol. The van der Waals surface area contributed by atoms with Crippen LogP contribution in [0.25, 0.3) is 0 Å². The number of ether oxygens (including phenoxy) is 3. The minimum Gasteiger partial charge on any atom is -0.478 e. The standard InChI is InChI=1S/C15H19ClN6O3.C14H20ClN5O2S.C14H17ClN4O3.C14H19ClN4O2S.C13H16ClN5O3/c1-3-6-20(10-13-4-5-14(16)17-9-13)7-8-21-12-25-11-19(2)15(21)18-22(23)24;1-23-14(18-20(21)22)16-6-7-19(9-11-2-3-11)10-12-4-5-13(15)17-8-12;2*1-3-7-18(10-12-4-5-13(15)17-9-12)8-6-16-14(22-2)11-19(20)21;1-3-7-18(10-11-4-5-12(14)16-9-11)8-6-15-13(22-2)17-19(20)21/h1,4-5,9H,6-8,10-12H2,2H3;4-5,8,11H,2-3,6-7,9-10H2,1H3,(H,16,18);1,4-5,9,11,16H,6-8,10H2,2H3;3-5,9,11,16H,1,6-8,10H2,2H3;1,4-5,9H,6-8,10H2,2H3,(H,15,17)/b18-15+;;2*14-11-;. The molecule has 0 unspecified atom stereocenters. The number of methoxy groups -OCH3 is 2. The zero-order valence-electron chi connectivity index (χ0n) is 63.3. The number of hydrogen-bond donors (Lipinski definition) is 4. The van der Waals surface area contributed by atoms with Gasteiger partial charge in [0.2, 0.25) is 5.17 Å². The van der Waals surface area contributed by atoms with E-state index in [0.717, 1.165) is 78.9 Å². The highest BCUT2D eigenvalue weighted by Gasteiger charge is 2.27. The monoisotopic (exact) mass is 1710 g/mol. The molecule has 5 aromatic rings. The number of guanidine groups is 1. The molecule has 2 fully saturated rings. The second kappa shape index (κ2) is 57.9. The molecule has 37 nitrogen and oxygen atoms in total. The summed E-state index contributed by atoms with van der Waals surface area (Å²) in [6.45, 7) is 16.4. The van der Waals surface area contributed by atoms with Gasteiger partial charge in [0.25, 0.3) is 24.2 Å². The van der Waals surface area contributed by atoms with Gasteiger partial charge in [-0.3, -0.25) is 44.7 Å². The van der Waals surface area contributed by atoms with Crippen LogP contribution in [0.5, 0.6) is 0 Å². The maximum atomic E-state index is 10.7. The summed E-state index contributed by atoms with van der Waals surface area (Å²) < 4.78 is 15.0. The highest BCUT2D eigenvalue weighted by molar-refractivity contribution is 8.13. The fraction of sp³-hybridized carbons (Fsp3) is 0.429. The second-order valence-electron chi connectivity index (χ2n) is 23.8. The van der Waals surface area contributed by atoms with Crippen LogP contribution in [0, 0.1) is 93.5 Å². The van der Waals surface area contributed by atoms with E-state index < -0.39 is 24.9 Å². The number of halogens is 5. The van der Waals surface area contributed by atoms with Crippen LogP contribution in [0.4, 0.5) is 0 Å². The molecule has 0 atom stereocenters. The third-order valence-electron chi connectivity index (χ3n) is 15.0. The molecule has 0 bridgehead atoms. The summed E-state index contributed by atoms with van der Waals surface area (Å²) in [5.41, 5.74) is 5.08. The molecule has 1 aliphatic heterocycles. The molecule has 6 heterocycles. The lowest BCUT2D eigenvalue weighted by atomic mass is 10.2. The lowest BCUT2D eigenvalue weighted by Crippen LogP contribution is -2.52. The van der Waals surface area contributed by atoms with Crippen LogP contribution in [0.15, 0.2) is 143 Å². The fourth-order valence-electron chi connectivity index (χ4n) is 9.72. The highest BCUT2D eigenvalue weighted by atomic mass is 35.5. The summed E-state index contributed by atoms with van der Waals surface area (Å²) in [4.78, 5) is 85.3. The van der Waals surface area contributed by atoms with Crippen LogP contribution in [0.1, 0.15) is 40.7 Å². The number of nitrogens with one attached hydrogen (secondary N) is 4. The number of amidine groups is 2. The molecule has 0 spiro atoms. The maximum absolute atomic E-state index is 10.7. The Hall–Kier alpha value is -10.0. The van der Waals surface area contributed by atoms with Crippen LogP contribution in [-0.2, 0) is 46.9 Å². The number of aromatic nitrogens is 5. The predicted octanol–water partition coefficient (Wildman–Crippen LogP) is 8.53. The summed E-state index contributed by atoms with van der Waals surface area (Å²) in [6.07, 6.45) is 34.4. The maximum Gasteiger partial charge on any atom is 0.358 e. The van der Waals surface area contributed by atoms with Gasteiger partial charge in [-0.1, -0.05) is 124 Å². The summed E-state index contributed by atoms with van der Waals surface area (Å²) in [7, 11) is 4.35. The molecule has 1 saturated carbocycles. The van der Waals surface area contributed by atoms with E-state index in [0.29, 0.717) is 134 Å². The minimum absolute atomic E-state index is 0.0961. The number of hydrogen-bond acceptors (Lipinski definition) is 27. The van der Waals surface area contributed by atoms with Gasteiger partial charge < -0.3 is 45.3 Å². The van der Waals surface area contributed by atoms with E-state index in [9.17, 15) is 50.6 Å². The summed E-state index contributed by atoms with van der Waals surface area (Å²) in [5.74, 6) is 8.90. The molecule has 0 amide bonds. The molecule has 44 heteroatoms. The fourth-order valence-corrected chi connectivity index (χ4v) is 11.1. The number of terminal acetylenes is 3. The van der Waals surface area contributed by atoms with E-state index in [-0.39, 0.29) is 31.3 Å². The number of rotatable bonds is 41. The van der Waals surface area contributed by atoms with Crippen LogP contribution >= 0.6 is 81.5 Å². The molecule has 0 radical (unpaired) electrons. The molecule has 616 valence electrons. The van der Waals surface area contributed by atoms with Gasteiger partial charge in [0, 0.05) is 149 Å². The third kappa shape index (κ3) is 46.2. The van der Waals surface area contributed by atoms with E-state index in [4.69, 9.17) is 91.5 Å². The van der Waals surface area contributed by atoms with E-state index in [1.165, 1.54) is 50.6 Å². The Bertz CT molecular complexity index is 3940. The Kier molecular flexibility index (Phi) is 49.9. The first-order valence-electron chi connectivity index (χ1n) is 34.3. The highest BCUT2D eigenvalue weighted by Crippen LogP contribution is 2.30. The van der Waals surface area contributed by atoms with E-state index in [2.05, 4.69) is 95.6 Å². The average molecular weight is 1720 g/mol. The van der Waals surface area contributed by atoms with Crippen molar-refractivity contribution in [1.82, 2.24) is 80.5 Å². The SMILES string of the molecule is C#CCN(CCN/C(=C/[N+](=O)[O-])OC)Cc1ccc(Cl)nc1.C#CCN(CCN/C(=N/[N+](=O)[O-])OC)Cc1ccc(Cl)nc1.C#CCN(CCN1COCN(C)/C1=N\[N+](=O)[O-])Cc1ccc(Cl)nc1.C=CCN(CCN/C(=C/[N+](=O)[O-])SC)Cc1ccc(Cl)nc1.CS/C(=N\[N+](=O)[O-])NCCN(Cc1ccc(Cl)nc1)CC1CC1. The average Bonchev–Trinajstić information content (AvgIpc) is 1.53. The van der Waals surface area contributed by atoms with Gasteiger partial charge in [-0.25, -0.2) is 55.3 Å². The summed E-state index contributed by atoms with van der Waals surface area (Å²) in [6, 6.07) is 18.1. The van der Waals surface area contributed by atoms with Crippen molar-refractivity contribution < 1.29 is 39.2 Å². The minimum atomic E-state index is -0.829. The van der Waals surface area contributed by atoms with Crippen LogP contribution in [0.3, 0.4) is 0 Å². The van der Waals surface area contributed by atoms with Crippen molar-refractivity contribution in [2.45, 2.75) is 45.6 Å². The molecule has 7 rings (SSSR count). The second-order valence-corrected chi connectivity index (χ2v) is 27.4. The Balaban J connectivity index is 0.000000369. The Labute approximate surface area is 695 Å². The summed E-state index contributed by atoms with van der Waals surface area (Å²) >= 11 is 31.4. The number of nitro groups is 5. The molecule has 2 aliphatic rings. The zero-order valence-corrected chi connectivity index (χ0v) is 68.7. The Morgan fingerprint density at radius 1 is 0.570 bits per heavy atom. The number of pyridine rings is 5. The molecule has 4 N–H and O–H groups in total. The molecule has 1 aliphatic carbocycles. The first-order chi connectivity index (χ1) is 54.7. The molecule has 0 aromatic carbocycles. The quantitative estimate of drug-likeness (QED) is 0.00416. The first-order valence-corrected chi connectivity index (χ1v) is 38.6. The predicted molar refractivity (Wildman–Crippen MR) is 444 cm³/mol. The van der Waals surface area contributed by atoms with Gasteiger partial charge in [-0.05, 0) is 89.4 Å². The molecule has 114 heavy (non-hydrogen) atoms. The van der Waals surface area contributed by atoms with Gasteiger partial charge in [0.15, 0.2) is 15.1 Å². The van der Waals surface area contributed by atoms with Gasteiger partial charge >= 0.3 is 6.02 Å². The first kappa shape index (κ1) is 98.2. The van der Waals surface area contributed by atoms with Gasteiger partial charge in [0.1, 0.15) is 54.5 Å². The van der Waals surface area contributed by atoms with Crippen molar-refractivity contribution in [3.8, 4) is 37.0 Å². The van der Waals surface area contributed by atoms with Crippen LogP contribution in [-0.4, -0.2) is 247 Å². The number of nitrogens with zero attached hydrogens (tertiary/aromatic N) is 20. The van der Waals surface area contributed by atoms with Gasteiger partial charge in [0.05, 0.1) is 48.8 Å². The summed E-state index contributed by atoms with van der Waals surface area (Å²) in [5, 5.41) is 74.6. The van der Waals surface area contributed by atoms with E-state index in [1.807, 2.05) is 51.1 Å². The number of hydrazone groups is 3. The van der Waals surface area contributed by atoms with Crippen molar-refractivity contribution >= 4 is 98.7 Å². The van der Waals surface area contributed by atoms with E-state index in [1.54, 1.807) is 90.7 Å².